The molecule has 0 spiro atoms. The average molecular weight is 450 g/mol. The molecule has 4 nitrogen and oxygen atoms in total. The normalized spacial score (nSPS) is 14.1. The monoisotopic (exact) mass is 449 g/mol. The van der Waals surface area contributed by atoms with Crippen molar-refractivity contribution >= 4 is 11.8 Å². The average Bonchev–Trinajstić information content (AvgIpc) is 3.09. The highest BCUT2D eigenvalue weighted by Crippen LogP contribution is 2.39. The number of carbonyl (C=O) groups is 2. The van der Waals surface area contributed by atoms with Crippen LogP contribution in [0, 0.1) is 6.92 Å². The maximum atomic E-state index is 11.3. The van der Waals surface area contributed by atoms with Crippen molar-refractivity contribution in [2.75, 3.05) is 7.05 Å². The Balaban J connectivity index is 0.000000192. The van der Waals surface area contributed by atoms with E-state index in [1.54, 1.807) is 36.4 Å². The van der Waals surface area contributed by atoms with Gasteiger partial charge < -0.3 is 5.11 Å². The molecule has 0 aromatic heterocycles. The van der Waals surface area contributed by atoms with Crippen LogP contribution in [-0.2, 0) is 5.41 Å². The molecule has 1 unspecified atom stereocenters. The van der Waals surface area contributed by atoms with Crippen LogP contribution in [-0.4, -0.2) is 28.9 Å². The Bertz CT molecular complexity index is 1230. The van der Waals surface area contributed by atoms with Crippen LogP contribution in [0.2, 0.25) is 0 Å². The van der Waals surface area contributed by atoms with E-state index in [1.165, 1.54) is 29.3 Å². The van der Waals surface area contributed by atoms with Gasteiger partial charge in [-0.15, -0.1) is 0 Å². The van der Waals surface area contributed by atoms with Gasteiger partial charge >= 0.3 is 0 Å². The third-order valence-corrected chi connectivity index (χ3v) is 6.42. The minimum Gasteiger partial charge on any atom is -0.508 e. The van der Waals surface area contributed by atoms with Gasteiger partial charge in [-0.05, 0) is 54.8 Å². The molecule has 0 aliphatic carbocycles. The van der Waals surface area contributed by atoms with Crippen molar-refractivity contribution in [3.05, 3.63) is 137 Å². The molecule has 0 fully saturated rings. The zero-order chi connectivity index (χ0) is 24.3. The first kappa shape index (κ1) is 23.0. The topological polar surface area (TPSA) is 57.6 Å². The van der Waals surface area contributed by atoms with E-state index < -0.39 is 0 Å². The number of hydrogen-bond acceptors (Lipinski definition) is 3. The third-order valence-electron chi connectivity index (χ3n) is 6.42. The fraction of sp³-hybridized carbons (Fsp3) is 0.133. The van der Waals surface area contributed by atoms with Gasteiger partial charge in [0.05, 0.1) is 11.1 Å². The number of rotatable bonds is 3. The fourth-order valence-corrected chi connectivity index (χ4v) is 4.26. The van der Waals surface area contributed by atoms with E-state index in [1.807, 2.05) is 18.2 Å². The summed E-state index contributed by atoms with van der Waals surface area (Å²) in [5.74, 6) is -0.130. The fourth-order valence-electron chi connectivity index (χ4n) is 4.26. The van der Waals surface area contributed by atoms with Gasteiger partial charge in [-0.1, -0.05) is 84.4 Å². The van der Waals surface area contributed by atoms with Crippen molar-refractivity contribution in [3.63, 3.8) is 0 Å². The molecule has 170 valence electrons. The molecule has 1 aliphatic rings. The van der Waals surface area contributed by atoms with Crippen LogP contribution in [0.25, 0.3) is 0 Å². The summed E-state index contributed by atoms with van der Waals surface area (Å²) < 4.78 is 0. The summed E-state index contributed by atoms with van der Waals surface area (Å²) in [4.78, 5) is 23.8. The molecule has 0 radical (unpaired) electrons. The van der Waals surface area contributed by atoms with Gasteiger partial charge in [-0.2, -0.15) is 0 Å². The molecule has 0 saturated heterocycles. The first-order valence-corrected chi connectivity index (χ1v) is 11.2. The number of hydrogen-bond donors (Lipinski definition) is 1. The zero-order valence-electron chi connectivity index (χ0n) is 19.5. The van der Waals surface area contributed by atoms with E-state index in [0.29, 0.717) is 16.9 Å². The van der Waals surface area contributed by atoms with Crippen LogP contribution < -0.4 is 0 Å². The standard InChI is InChI=1S/C21H20O.C9H7NO2/c1-16-8-10-18(11-9-16)21(2,17-6-4-3-5-7-17)19-12-14-20(22)15-13-19;1-10-8(11)6-4-2-3-5-7(6)9(10)12/h3-15,22H,1-2H3;2-5H,1H3. The van der Waals surface area contributed by atoms with E-state index >= 15 is 0 Å². The number of amides is 2. The second kappa shape index (κ2) is 9.36. The highest BCUT2D eigenvalue weighted by Gasteiger charge is 2.32. The number of benzene rings is 4. The Morgan fingerprint density at radius 3 is 1.53 bits per heavy atom. The summed E-state index contributed by atoms with van der Waals surface area (Å²) in [5, 5.41) is 9.60. The molecule has 4 aromatic rings. The van der Waals surface area contributed by atoms with Crippen LogP contribution in [0.4, 0.5) is 0 Å². The summed E-state index contributed by atoms with van der Waals surface area (Å²) in [7, 11) is 1.49. The van der Waals surface area contributed by atoms with Gasteiger partial charge in [0.2, 0.25) is 0 Å². The summed E-state index contributed by atoms with van der Waals surface area (Å²) in [6.45, 7) is 4.34. The Morgan fingerprint density at radius 1 is 0.618 bits per heavy atom. The molecule has 4 aromatic carbocycles. The second-order valence-electron chi connectivity index (χ2n) is 8.62. The highest BCUT2D eigenvalue weighted by molar-refractivity contribution is 6.21. The summed E-state index contributed by atoms with van der Waals surface area (Å²) in [6.07, 6.45) is 0. The lowest BCUT2D eigenvalue weighted by Gasteiger charge is -2.32. The van der Waals surface area contributed by atoms with Crippen molar-refractivity contribution < 1.29 is 14.7 Å². The largest absolute Gasteiger partial charge is 0.508 e. The lowest BCUT2D eigenvalue weighted by molar-refractivity contribution is 0.0693. The predicted molar refractivity (Wildman–Crippen MR) is 134 cm³/mol. The number of phenols is 1. The molecule has 1 heterocycles. The molecule has 1 aliphatic heterocycles. The second-order valence-corrected chi connectivity index (χ2v) is 8.62. The van der Waals surface area contributed by atoms with E-state index in [4.69, 9.17) is 0 Å². The molecule has 4 heteroatoms. The van der Waals surface area contributed by atoms with Crippen molar-refractivity contribution in [3.8, 4) is 5.75 Å². The van der Waals surface area contributed by atoms with Gasteiger partial charge in [0.15, 0.2) is 0 Å². The van der Waals surface area contributed by atoms with E-state index in [-0.39, 0.29) is 17.2 Å². The maximum absolute atomic E-state index is 11.3. The van der Waals surface area contributed by atoms with Crippen LogP contribution in [0.3, 0.4) is 0 Å². The molecule has 1 N–H and O–H groups in total. The van der Waals surface area contributed by atoms with Crippen molar-refractivity contribution in [2.45, 2.75) is 19.3 Å². The minimum absolute atomic E-state index is 0.212. The van der Waals surface area contributed by atoms with Crippen molar-refractivity contribution in [1.29, 1.82) is 0 Å². The summed E-state index contributed by atoms with van der Waals surface area (Å²) in [5.41, 5.74) is 5.67. The quantitative estimate of drug-likeness (QED) is 0.310. The number of nitrogens with zero attached hydrogens (tertiary/aromatic N) is 1. The Hall–Kier alpha value is -4.18. The van der Waals surface area contributed by atoms with Crippen LogP contribution in [0.5, 0.6) is 5.75 Å². The Labute approximate surface area is 200 Å². The molecule has 1 atom stereocenters. The lowest BCUT2D eigenvalue weighted by Crippen LogP contribution is -2.25. The predicted octanol–water partition coefficient (Wildman–Crippen LogP) is 5.97. The number of phenolic OH excluding ortho intramolecular Hbond substituents is 1. The number of aromatic hydroxyl groups is 1. The van der Waals surface area contributed by atoms with Gasteiger partial charge in [-0.3, -0.25) is 14.5 Å². The minimum atomic E-state index is -0.247. The SMILES string of the molecule is CN1C(=O)c2ccccc2C1=O.Cc1ccc(C(C)(c2ccccc2)c2ccc(O)cc2)cc1. The van der Waals surface area contributed by atoms with Crippen LogP contribution in [0.1, 0.15) is 49.9 Å². The van der Waals surface area contributed by atoms with Gasteiger partial charge in [0, 0.05) is 12.5 Å². The molecular weight excluding hydrogens is 422 g/mol. The molecule has 2 amide bonds. The van der Waals surface area contributed by atoms with Crippen LogP contribution in [0.15, 0.2) is 103 Å². The number of fused-ring (bicyclic) bond motifs is 1. The van der Waals surface area contributed by atoms with Gasteiger partial charge in [0.25, 0.3) is 11.8 Å². The summed E-state index contributed by atoms with van der Waals surface area (Å²) in [6, 6.07) is 33.5. The molecule has 5 rings (SSSR count). The van der Waals surface area contributed by atoms with Crippen LogP contribution >= 0.6 is 0 Å². The molecule has 0 saturated carbocycles. The van der Waals surface area contributed by atoms with Crippen molar-refractivity contribution in [2.24, 2.45) is 0 Å². The van der Waals surface area contributed by atoms with E-state index in [2.05, 4.69) is 62.4 Å². The van der Waals surface area contributed by atoms with Crippen molar-refractivity contribution in [1.82, 2.24) is 4.90 Å². The van der Waals surface area contributed by atoms with Gasteiger partial charge in [-0.25, -0.2) is 0 Å². The number of aryl methyl sites for hydroxylation is 1. The number of imide groups is 1. The first-order chi connectivity index (χ1) is 16.3. The van der Waals surface area contributed by atoms with Gasteiger partial charge in [0.1, 0.15) is 5.75 Å². The van der Waals surface area contributed by atoms with E-state index in [9.17, 15) is 14.7 Å². The maximum Gasteiger partial charge on any atom is 0.261 e. The Kier molecular flexibility index (Phi) is 6.33. The zero-order valence-corrected chi connectivity index (χ0v) is 19.5. The highest BCUT2D eigenvalue weighted by atomic mass is 16.3. The molecular formula is C30H27NO3. The smallest absolute Gasteiger partial charge is 0.261 e. The lowest BCUT2D eigenvalue weighted by atomic mass is 9.71. The van der Waals surface area contributed by atoms with E-state index in [0.717, 1.165) is 4.90 Å². The first-order valence-electron chi connectivity index (χ1n) is 11.2. The number of carbonyl (C=O) groups excluding carboxylic acids is 2. The molecule has 34 heavy (non-hydrogen) atoms. The summed E-state index contributed by atoms with van der Waals surface area (Å²) >= 11 is 0. The molecule has 0 bridgehead atoms. The third kappa shape index (κ3) is 4.23. The Morgan fingerprint density at radius 2 is 1.03 bits per heavy atom.